The van der Waals surface area contributed by atoms with Crippen molar-refractivity contribution in [1.82, 2.24) is 10.2 Å². The van der Waals surface area contributed by atoms with Crippen LogP contribution in [-0.2, 0) is 9.53 Å². The van der Waals surface area contributed by atoms with E-state index < -0.39 is 0 Å². The van der Waals surface area contributed by atoms with Crippen LogP contribution in [0.4, 0.5) is 0 Å². The van der Waals surface area contributed by atoms with Gasteiger partial charge in [-0.05, 0) is 19.4 Å². The normalized spacial score (nSPS) is 34.0. The van der Waals surface area contributed by atoms with Gasteiger partial charge in [0.15, 0.2) is 0 Å². The number of carbonyl (C=O) groups excluding carboxylic acids is 1. The van der Waals surface area contributed by atoms with Gasteiger partial charge in [-0.3, -0.25) is 4.79 Å². The van der Waals surface area contributed by atoms with Crippen molar-refractivity contribution in [3.8, 4) is 0 Å². The van der Waals surface area contributed by atoms with Crippen LogP contribution in [0.1, 0.15) is 19.8 Å². The maximum absolute atomic E-state index is 12.3. The summed E-state index contributed by atoms with van der Waals surface area (Å²) in [6, 6.07) is 0.131. The standard InChI is InChI=1S/C12H22N2O3/c1-2-13-11-8-17-7-10(11)12(16)14-5-3-4-9(15)6-14/h9-11,13,15H,2-8H2,1H3/t9-,10?,11?/m0/s1. The van der Waals surface area contributed by atoms with Crippen molar-refractivity contribution in [2.24, 2.45) is 5.92 Å². The Hall–Kier alpha value is -0.650. The van der Waals surface area contributed by atoms with Crippen molar-refractivity contribution in [3.05, 3.63) is 0 Å². The number of hydrogen-bond acceptors (Lipinski definition) is 4. The molecule has 0 aromatic carbocycles. The molecular weight excluding hydrogens is 220 g/mol. The Kier molecular flexibility index (Phi) is 4.36. The topological polar surface area (TPSA) is 61.8 Å². The molecule has 2 rings (SSSR count). The predicted octanol–water partition coefficient (Wildman–Crippen LogP) is -0.406. The van der Waals surface area contributed by atoms with E-state index in [0.29, 0.717) is 19.8 Å². The van der Waals surface area contributed by atoms with Crippen molar-refractivity contribution in [1.29, 1.82) is 0 Å². The molecule has 5 heteroatoms. The van der Waals surface area contributed by atoms with Gasteiger partial charge in [0, 0.05) is 19.1 Å². The monoisotopic (exact) mass is 242 g/mol. The summed E-state index contributed by atoms with van der Waals surface area (Å²) in [6.45, 7) is 5.24. The van der Waals surface area contributed by atoms with Crippen LogP contribution in [0.2, 0.25) is 0 Å². The molecule has 2 unspecified atom stereocenters. The Labute approximate surface area is 102 Å². The van der Waals surface area contributed by atoms with E-state index in [4.69, 9.17) is 4.74 Å². The van der Waals surface area contributed by atoms with Crippen molar-refractivity contribution >= 4 is 5.91 Å². The summed E-state index contributed by atoms with van der Waals surface area (Å²) in [5.41, 5.74) is 0. The summed E-state index contributed by atoms with van der Waals surface area (Å²) >= 11 is 0. The third-order valence-electron chi connectivity index (χ3n) is 3.57. The molecule has 0 radical (unpaired) electrons. The van der Waals surface area contributed by atoms with E-state index in [1.165, 1.54) is 0 Å². The Balaban J connectivity index is 1.93. The number of hydrogen-bond donors (Lipinski definition) is 2. The van der Waals surface area contributed by atoms with E-state index in [2.05, 4.69) is 5.32 Å². The lowest BCUT2D eigenvalue weighted by molar-refractivity contribution is -0.139. The fourth-order valence-corrected chi connectivity index (χ4v) is 2.65. The number of likely N-dealkylation sites (N-methyl/N-ethyl adjacent to an activating group) is 1. The number of ether oxygens (including phenoxy) is 1. The lowest BCUT2D eigenvalue weighted by Gasteiger charge is -2.33. The number of rotatable bonds is 3. The van der Waals surface area contributed by atoms with E-state index in [0.717, 1.165) is 25.9 Å². The van der Waals surface area contributed by atoms with Gasteiger partial charge >= 0.3 is 0 Å². The second-order valence-electron chi connectivity index (χ2n) is 4.89. The van der Waals surface area contributed by atoms with E-state index in [9.17, 15) is 9.90 Å². The highest BCUT2D eigenvalue weighted by Crippen LogP contribution is 2.19. The van der Waals surface area contributed by atoms with Crippen molar-refractivity contribution in [2.45, 2.75) is 31.9 Å². The quantitative estimate of drug-likeness (QED) is 0.706. The molecule has 2 aliphatic rings. The largest absolute Gasteiger partial charge is 0.391 e. The number of aliphatic hydroxyl groups excluding tert-OH is 1. The zero-order valence-electron chi connectivity index (χ0n) is 10.4. The molecule has 2 N–H and O–H groups in total. The first-order chi connectivity index (χ1) is 8.22. The van der Waals surface area contributed by atoms with E-state index in [1.807, 2.05) is 6.92 Å². The van der Waals surface area contributed by atoms with Crippen LogP contribution in [0, 0.1) is 5.92 Å². The molecule has 3 atom stereocenters. The maximum atomic E-state index is 12.3. The molecule has 98 valence electrons. The van der Waals surface area contributed by atoms with E-state index in [1.54, 1.807) is 4.90 Å². The molecular formula is C12H22N2O3. The molecule has 2 saturated heterocycles. The number of piperidine rings is 1. The Morgan fingerprint density at radius 3 is 3.06 bits per heavy atom. The van der Waals surface area contributed by atoms with Crippen LogP contribution in [0.15, 0.2) is 0 Å². The number of aliphatic hydroxyl groups is 1. The van der Waals surface area contributed by atoms with Gasteiger partial charge in [0.1, 0.15) is 0 Å². The smallest absolute Gasteiger partial charge is 0.229 e. The molecule has 0 saturated carbocycles. The number of amides is 1. The van der Waals surface area contributed by atoms with Crippen LogP contribution in [0.5, 0.6) is 0 Å². The molecule has 5 nitrogen and oxygen atoms in total. The predicted molar refractivity (Wildman–Crippen MR) is 63.6 cm³/mol. The molecule has 2 heterocycles. The highest BCUT2D eigenvalue weighted by Gasteiger charge is 2.37. The number of likely N-dealkylation sites (tertiary alicyclic amines) is 1. The first kappa shape index (κ1) is 12.8. The third-order valence-corrected chi connectivity index (χ3v) is 3.57. The molecule has 17 heavy (non-hydrogen) atoms. The van der Waals surface area contributed by atoms with Gasteiger partial charge < -0.3 is 20.1 Å². The van der Waals surface area contributed by atoms with Crippen LogP contribution >= 0.6 is 0 Å². The van der Waals surface area contributed by atoms with Gasteiger partial charge in [0.05, 0.1) is 25.2 Å². The SMILES string of the molecule is CCNC1COCC1C(=O)N1CCC[C@H](O)C1. The van der Waals surface area contributed by atoms with Crippen LogP contribution in [0.3, 0.4) is 0 Å². The van der Waals surface area contributed by atoms with Gasteiger partial charge in [0.2, 0.25) is 5.91 Å². The Morgan fingerprint density at radius 1 is 1.53 bits per heavy atom. The average molecular weight is 242 g/mol. The molecule has 0 aromatic heterocycles. The van der Waals surface area contributed by atoms with Crippen LogP contribution in [0.25, 0.3) is 0 Å². The average Bonchev–Trinajstić information content (AvgIpc) is 2.77. The van der Waals surface area contributed by atoms with Gasteiger partial charge in [-0.2, -0.15) is 0 Å². The fourth-order valence-electron chi connectivity index (χ4n) is 2.65. The Bertz CT molecular complexity index is 272. The molecule has 0 spiro atoms. The van der Waals surface area contributed by atoms with Gasteiger partial charge in [-0.1, -0.05) is 6.92 Å². The minimum Gasteiger partial charge on any atom is -0.391 e. The number of β-amino-alcohol motifs (C(OH)–C–C–N with tert-alkyl or cyclic N) is 1. The first-order valence-corrected chi connectivity index (χ1v) is 6.50. The molecule has 2 fully saturated rings. The summed E-state index contributed by atoms with van der Waals surface area (Å²) in [7, 11) is 0. The minimum absolute atomic E-state index is 0.0831. The molecule has 0 bridgehead atoms. The number of carbonyl (C=O) groups is 1. The van der Waals surface area contributed by atoms with Gasteiger partial charge in [0.25, 0.3) is 0 Å². The minimum atomic E-state index is -0.354. The number of nitrogens with zero attached hydrogens (tertiary/aromatic N) is 1. The zero-order chi connectivity index (χ0) is 12.3. The molecule has 2 aliphatic heterocycles. The van der Waals surface area contributed by atoms with Gasteiger partial charge in [-0.25, -0.2) is 0 Å². The van der Waals surface area contributed by atoms with Crippen molar-refractivity contribution in [3.63, 3.8) is 0 Å². The van der Waals surface area contributed by atoms with Crippen molar-refractivity contribution in [2.75, 3.05) is 32.8 Å². The molecule has 1 amide bonds. The summed E-state index contributed by atoms with van der Waals surface area (Å²) in [6.07, 6.45) is 1.35. The maximum Gasteiger partial charge on any atom is 0.229 e. The highest BCUT2D eigenvalue weighted by molar-refractivity contribution is 5.80. The van der Waals surface area contributed by atoms with Gasteiger partial charge in [-0.15, -0.1) is 0 Å². The summed E-state index contributed by atoms with van der Waals surface area (Å²) in [5, 5.41) is 12.9. The number of nitrogens with one attached hydrogen (secondary N) is 1. The summed E-state index contributed by atoms with van der Waals surface area (Å²) < 4.78 is 5.39. The summed E-state index contributed by atoms with van der Waals surface area (Å²) in [5.74, 6) is 0.0486. The first-order valence-electron chi connectivity index (χ1n) is 6.50. The van der Waals surface area contributed by atoms with Crippen LogP contribution < -0.4 is 5.32 Å². The van der Waals surface area contributed by atoms with Crippen molar-refractivity contribution < 1.29 is 14.6 Å². The van der Waals surface area contributed by atoms with E-state index >= 15 is 0 Å². The Morgan fingerprint density at radius 2 is 2.35 bits per heavy atom. The lowest BCUT2D eigenvalue weighted by Crippen LogP contribution is -2.49. The second kappa shape index (κ2) is 5.80. The second-order valence-corrected chi connectivity index (χ2v) is 4.89. The third kappa shape index (κ3) is 2.97. The van der Waals surface area contributed by atoms with Crippen LogP contribution in [-0.4, -0.2) is 60.9 Å². The zero-order valence-corrected chi connectivity index (χ0v) is 10.4. The fraction of sp³-hybridized carbons (Fsp3) is 0.917. The van der Waals surface area contributed by atoms with E-state index in [-0.39, 0.29) is 24.0 Å². The highest BCUT2D eigenvalue weighted by atomic mass is 16.5. The summed E-state index contributed by atoms with van der Waals surface area (Å²) in [4.78, 5) is 14.1. The molecule has 0 aliphatic carbocycles. The lowest BCUT2D eigenvalue weighted by atomic mass is 9.99. The molecule has 0 aromatic rings.